The molecule has 0 aromatic heterocycles. The number of carbonyl (C=O) groups is 2. The van der Waals surface area contributed by atoms with Crippen LogP contribution in [0.3, 0.4) is 0 Å². The maximum Gasteiger partial charge on any atom is 0.246 e. The van der Waals surface area contributed by atoms with E-state index in [1.54, 1.807) is 6.08 Å². The van der Waals surface area contributed by atoms with Gasteiger partial charge in [-0.3, -0.25) is 9.59 Å². The quantitative estimate of drug-likeness (QED) is 0.728. The summed E-state index contributed by atoms with van der Waals surface area (Å²) in [4.78, 5) is 29.4. The number of hydrogen-bond donors (Lipinski definition) is 0. The summed E-state index contributed by atoms with van der Waals surface area (Å²) in [6.45, 7) is 2.64. The second-order valence-corrected chi connectivity index (χ2v) is 10.0. The van der Waals surface area contributed by atoms with Crippen molar-refractivity contribution in [2.24, 2.45) is 23.2 Å². The fourth-order valence-corrected chi connectivity index (χ4v) is 6.95. The molecular formula is C25H32N2O2. The molecule has 0 atom stereocenters. The van der Waals surface area contributed by atoms with Gasteiger partial charge in [0.1, 0.15) is 0 Å². The van der Waals surface area contributed by atoms with Crippen molar-refractivity contribution in [2.45, 2.75) is 44.9 Å². The van der Waals surface area contributed by atoms with Crippen LogP contribution in [-0.2, 0) is 9.59 Å². The monoisotopic (exact) mass is 392 g/mol. The third kappa shape index (κ3) is 3.99. The largest absolute Gasteiger partial charge is 0.339 e. The van der Waals surface area contributed by atoms with Gasteiger partial charge in [-0.1, -0.05) is 30.3 Å². The normalized spacial score (nSPS) is 33.4. The molecule has 4 aliphatic carbocycles. The molecule has 1 heterocycles. The van der Waals surface area contributed by atoms with Crippen molar-refractivity contribution in [2.75, 3.05) is 26.2 Å². The van der Waals surface area contributed by atoms with Crippen LogP contribution in [0.1, 0.15) is 50.5 Å². The van der Waals surface area contributed by atoms with Crippen LogP contribution in [-0.4, -0.2) is 47.8 Å². The van der Waals surface area contributed by atoms with E-state index in [0.717, 1.165) is 29.7 Å². The van der Waals surface area contributed by atoms with Gasteiger partial charge in [-0.15, -0.1) is 0 Å². The first-order valence-corrected chi connectivity index (χ1v) is 11.4. The lowest BCUT2D eigenvalue weighted by atomic mass is 9.49. The van der Waals surface area contributed by atoms with Crippen LogP contribution in [0.15, 0.2) is 36.4 Å². The van der Waals surface area contributed by atoms with Crippen LogP contribution in [0.2, 0.25) is 0 Å². The zero-order chi connectivity index (χ0) is 19.8. The van der Waals surface area contributed by atoms with Gasteiger partial charge >= 0.3 is 0 Å². The first kappa shape index (κ1) is 18.9. The number of nitrogens with zero attached hydrogens (tertiary/aromatic N) is 2. The molecule has 0 spiro atoms. The molecule has 1 saturated heterocycles. The number of rotatable bonds is 4. The molecule has 4 nitrogen and oxygen atoms in total. The molecule has 0 radical (unpaired) electrons. The van der Waals surface area contributed by atoms with Gasteiger partial charge < -0.3 is 9.80 Å². The first-order chi connectivity index (χ1) is 14.1. The van der Waals surface area contributed by atoms with E-state index >= 15 is 0 Å². The predicted molar refractivity (Wildman–Crippen MR) is 114 cm³/mol. The molecule has 154 valence electrons. The van der Waals surface area contributed by atoms with Crippen molar-refractivity contribution in [1.82, 2.24) is 9.80 Å². The summed E-state index contributed by atoms with van der Waals surface area (Å²) >= 11 is 0. The summed E-state index contributed by atoms with van der Waals surface area (Å²) in [5.74, 6) is 3.04. The van der Waals surface area contributed by atoms with E-state index in [9.17, 15) is 9.59 Å². The van der Waals surface area contributed by atoms with E-state index in [2.05, 4.69) is 0 Å². The molecule has 1 aromatic carbocycles. The Morgan fingerprint density at radius 3 is 2.00 bits per heavy atom. The fourth-order valence-electron chi connectivity index (χ4n) is 6.95. The molecule has 6 rings (SSSR count). The topological polar surface area (TPSA) is 40.6 Å². The smallest absolute Gasteiger partial charge is 0.246 e. The molecule has 1 aliphatic heterocycles. The average Bonchev–Trinajstić information content (AvgIpc) is 2.71. The van der Waals surface area contributed by atoms with Gasteiger partial charge in [-0.2, -0.15) is 0 Å². The Kier molecular flexibility index (Phi) is 4.97. The average molecular weight is 393 g/mol. The van der Waals surface area contributed by atoms with Crippen molar-refractivity contribution >= 4 is 17.9 Å². The Labute approximate surface area is 173 Å². The summed E-state index contributed by atoms with van der Waals surface area (Å²) in [5.41, 5.74) is 1.34. The maximum atomic E-state index is 13.1. The fraction of sp³-hybridized carbons (Fsp3) is 0.600. The first-order valence-electron chi connectivity index (χ1n) is 11.4. The summed E-state index contributed by atoms with van der Waals surface area (Å²) in [6, 6.07) is 9.89. The molecule has 4 heteroatoms. The zero-order valence-electron chi connectivity index (χ0n) is 17.3. The number of amides is 2. The van der Waals surface area contributed by atoms with Gasteiger partial charge in [0.25, 0.3) is 0 Å². The van der Waals surface area contributed by atoms with E-state index in [0.29, 0.717) is 37.5 Å². The molecule has 4 bridgehead atoms. The lowest BCUT2D eigenvalue weighted by Gasteiger charge is -2.57. The molecule has 5 fully saturated rings. The number of piperazine rings is 1. The van der Waals surface area contributed by atoms with Gasteiger partial charge in [0.15, 0.2) is 0 Å². The van der Waals surface area contributed by atoms with Crippen molar-refractivity contribution in [3.05, 3.63) is 42.0 Å². The minimum atomic E-state index is 0.0436. The minimum absolute atomic E-state index is 0.0436. The molecular weight excluding hydrogens is 360 g/mol. The molecule has 0 N–H and O–H groups in total. The molecule has 29 heavy (non-hydrogen) atoms. The lowest BCUT2D eigenvalue weighted by molar-refractivity contribution is -0.143. The molecule has 0 unspecified atom stereocenters. The number of hydrogen-bond acceptors (Lipinski definition) is 2. The van der Waals surface area contributed by atoms with Crippen molar-refractivity contribution in [1.29, 1.82) is 0 Å². The number of benzene rings is 1. The van der Waals surface area contributed by atoms with E-state index in [-0.39, 0.29) is 5.91 Å². The van der Waals surface area contributed by atoms with Gasteiger partial charge in [0, 0.05) is 38.7 Å². The van der Waals surface area contributed by atoms with Gasteiger partial charge in [-0.25, -0.2) is 0 Å². The van der Waals surface area contributed by atoms with E-state index in [1.165, 1.54) is 38.5 Å². The van der Waals surface area contributed by atoms with Crippen LogP contribution in [0.25, 0.3) is 6.08 Å². The summed E-state index contributed by atoms with van der Waals surface area (Å²) in [7, 11) is 0. The summed E-state index contributed by atoms with van der Waals surface area (Å²) in [6.07, 6.45) is 12.4. The second kappa shape index (κ2) is 7.62. The lowest BCUT2D eigenvalue weighted by Crippen LogP contribution is -2.53. The van der Waals surface area contributed by atoms with Crippen LogP contribution >= 0.6 is 0 Å². The third-order valence-corrected chi connectivity index (χ3v) is 7.85. The SMILES string of the molecule is O=C(/C=C/c1ccccc1)N1CCN(C(=O)CC23CC4CC(CC(C4)C2)C3)CC1. The van der Waals surface area contributed by atoms with E-state index in [1.807, 2.05) is 46.2 Å². The predicted octanol–water partition coefficient (Wildman–Crippen LogP) is 3.98. The highest BCUT2D eigenvalue weighted by atomic mass is 16.2. The maximum absolute atomic E-state index is 13.1. The molecule has 2 amide bonds. The summed E-state index contributed by atoms with van der Waals surface area (Å²) < 4.78 is 0. The molecule has 1 aromatic rings. The van der Waals surface area contributed by atoms with Crippen molar-refractivity contribution in [3.8, 4) is 0 Å². The van der Waals surface area contributed by atoms with Gasteiger partial charge in [-0.05, 0) is 73.3 Å². The van der Waals surface area contributed by atoms with Crippen LogP contribution in [0, 0.1) is 23.2 Å². The summed E-state index contributed by atoms with van der Waals surface area (Å²) in [5, 5.41) is 0. The Bertz CT molecular complexity index is 757. The Morgan fingerprint density at radius 2 is 1.41 bits per heavy atom. The highest BCUT2D eigenvalue weighted by Gasteiger charge is 2.51. The van der Waals surface area contributed by atoms with Gasteiger partial charge in [0.2, 0.25) is 11.8 Å². The van der Waals surface area contributed by atoms with Gasteiger partial charge in [0.05, 0.1) is 0 Å². The number of carbonyl (C=O) groups excluding carboxylic acids is 2. The van der Waals surface area contributed by atoms with Crippen LogP contribution in [0.4, 0.5) is 0 Å². The Balaban J connectivity index is 1.13. The van der Waals surface area contributed by atoms with E-state index in [4.69, 9.17) is 0 Å². The molecule has 5 aliphatic rings. The highest BCUT2D eigenvalue weighted by molar-refractivity contribution is 5.92. The van der Waals surface area contributed by atoms with Crippen molar-refractivity contribution in [3.63, 3.8) is 0 Å². The second-order valence-electron chi connectivity index (χ2n) is 10.0. The molecule has 4 saturated carbocycles. The highest BCUT2D eigenvalue weighted by Crippen LogP contribution is 2.61. The minimum Gasteiger partial charge on any atom is -0.339 e. The Morgan fingerprint density at radius 1 is 0.862 bits per heavy atom. The zero-order valence-corrected chi connectivity index (χ0v) is 17.3. The van der Waals surface area contributed by atoms with Crippen LogP contribution < -0.4 is 0 Å². The third-order valence-electron chi connectivity index (χ3n) is 7.85. The van der Waals surface area contributed by atoms with E-state index < -0.39 is 0 Å². The van der Waals surface area contributed by atoms with Crippen molar-refractivity contribution < 1.29 is 9.59 Å². The Hall–Kier alpha value is -2.10. The van der Waals surface area contributed by atoms with Crippen LogP contribution in [0.5, 0.6) is 0 Å². The standard InChI is InChI=1S/C25H32N2O2/c28-23(7-6-19-4-2-1-3-5-19)26-8-10-27(11-9-26)24(29)18-25-15-20-12-21(16-25)14-22(13-20)17-25/h1-7,20-22H,8-18H2/b7-6+.